The van der Waals surface area contributed by atoms with Gasteiger partial charge in [0.1, 0.15) is 17.6 Å². The summed E-state index contributed by atoms with van der Waals surface area (Å²) in [6, 6.07) is 8.51. The predicted octanol–water partition coefficient (Wildman–Crippen LogP) is 3.54. The van der Waals surface area contributed by atoms with Crippen molar-refractivity contribution in [2.75, 3.05) is 0 Å². The Morgan fingerprint density at radius 3 is 2.89 bits per heavy atom. The number of hydrogen-bond donors (Lipinski definition) is 1. The van der Waals surface area contributed by atoms with Gasteiger partial charge in [0.05, 0.1) is 11.8 Å². The minimum absolute atomic E-state index is 0.244. The average Bonchev–Trinajstić information content (AvgIpc) is 2.73. The molecule has 1 heterocycles. The van der Waals surface area contributed by atoms with Crippen LogP contribution in [-0.2, 0) is 0 Å². The number of aromatic amines is 1. The van der Waals surface area contributed by atoms with Crippen LogP contribution in [0.2, 0.25) is 0 Å². The third kappa shape index (κ3) is 2.25. The molecule has 0 aliphatic heterocycles. The van der Waals surface area contributed by atoms with Gasteiger partial charge in [0.2, 0.25) is 0 Å². The van der Waals surface area contributed by atoms with Gasteiger partial charge < -0.3 is 4.98 Å². The number of H-pyrrole nitrogens is 1. The summed E-state index contributed by atoms with van der Waals surface area (Å²) in [5.41, 5.74) is 2.28. The summed E-state index contributed by atoms with van der Waals surface area (Å²) < 4.78 is 13.2. The van der Waals surface area contributed by atoms with E-state index in [4.69, 9.17) is 5.26 Å². The fraction of sp³-hybridized carbons (Fsp3) is 0.286. The maximum atomic E-state index is 13.2. The van der Waals surface area contributed by atoms with Crippen LogP contribution in [0.25, 0.3) is 11.3 Å². The highest BCUT2D eigenvalue weighted by Crippen LogP contribution is 2.25. The van der Waals surface area contributed by atoms with Gasteiger partial charge in [-0.1, -0.05) is 19.1 Å². The third-order valence-electron chi connectivity index (χ3n) is 2.90. The minimum atomic E-state index is -0.288. The molecule has 1 atom stereocenters. The summed E-state index contributed by atoms with van der Waals surface area (Å²) in [6.45, 7) is 3.81. The normalized spacial score (nSPS) is 12.1. The number of halogens is 1. The Bertz CT molecular complexity index is 595. The number of benzene rings is 1. The Morgan fingerprint density at radius 2 is 2.28 bits per heavy atom. The summed E-state index contributed by atoms with van der Waals surface area (Å²) in [5.74, 6) is 0.117. The summed E-state index contributed by atoms with van der Waals surface area (Å²) in [5, 5.41) is 9.02. The predicted molar refractivity (Wildman–Crippen MR) is 67.4 cm³/mol. The molecule has 4 heteroatoms. The molecule has 0 radical (unpaired) electrons. The Labute approximate surface area is 105 Å². The first kappa shape index (κ1) is 12.3. The van der Waals surface area contributed by atoms with Gasteiger partial charge in [-0.2, -0.15) is 5.26 Å². The summed E-state index contributed by atoms with van der Waals surface area (Å²) in [7, 11) is 0. The molecule has 0 amide bonds. The number of nitrogens with zero attached hydrogens (tertiary/aromatic N) is 2. The zero-order chi connectivity index (χ0) is 13.1. The number of aromatic nitrogens is 2. The molecule has 1 aromatic carbocycles. The topological polar surface area (TPSA) is 52.5 Å². The van der Waals surface area contributed by atoms with Gasteiger partial charge in [0.15, 0.2) is 0 Å². The molecule has 0 spiro atoms. The number of hydrogen-bond acceptors (Lipinski definition) is 2. The molecule has 3 nitrogen and oxygen atoms in total. The molecule has 1 unspecified atom stereocenters. The summed E-state index contributed by atoms with van der Waals surface area (Å²) >= 11 is 0. The van der Waals surface area contributed by atoms with Gasteiger partial charge in [-0.25, -0.2) is 9.37 Å². The maximum absolute atomic E-state index is 13.2. The van der Waals surface area contributed by atoms with E-state index in [1.54, 1.807) is 6.07 Å². The highest BCUT2D eigenvalue weighted by Gasteiger charge is 2.16. The molecular formula is C14H14FN3. The average molecular weight is 243 g/mol. The lowest BCUT2D eigenvalue weighted by Gasteiger charge is -2.00. The van der Waals surface area contributed by atoms with Crippen molar-refractivity contribution in [2.24, 2.45) is 0 Å². The number of nitrogens with one attached hydrogen (secondary N) is 1. The quantitative estimate of drug-likeness (QED) is 0.896. The molecule has 2 aromatic rings. The van der Waals surface area contributed by atoms with E-state index in [0.29, 0.717) is 17.9 Å². The number of rotatable bonds is 3. The zero-order valence-electron chi connectivity index (χ0n) is 10.4. The molecule has 0 saturated heterocycles. The van der Waals surface area contributed by atoms with Crippen molar-refractivity contribution in [3.63, 3.8) is 0 Å². The molecule has 0 aliphatic rings. The smallest absolute Gasteiger partial charge is 0.124 e. The van der Waals surface area contributed by atoms with E-state index in [0.717, 1.165) is 11.3 Å². The second-order valence-corrected chi connectivity index (χ2v) is 4.20. The molecule has 0 fully saturated rings. The van der Waals surface area contributed by atoms with E-state index in [1.807, 2.05) is 19.9 Å². The Kier molecular flexibility index (Phi) is 3.42. The molecule has 2 rings (SSSR count). The minimum Gasteiger partial charge on any atom is -0.344 e. The van der Waals surface area contributed by atoms with Crippen LogP contribution in [0.1, 0.15) is 30.8 Å². The van der Waals surface area contributed by atoms with E-state index in [9.17, 15) is 4.39 Å². The van der Waals surface area contributed by atoms with E-state index in [2.05, 4.69) is 16.0 Å². The van der Waals surface area contributed by atoms with Crippen LogP contribution < -0.4 is 0 Å². The zero-order valence-corrected chi connectivity index (χ0v) is 10.4. The first-order chi connectivity index (χ1) is 8.65. The SMILES string of the molecule is CCC(C#N)c1nc(-c2cccc(F)c2)c(C)[nH]1. The van der Waals surface area contributed by atoms with Crippen molar-refractivity contribution in [2.45, 2.75) is 26.2 Å². The van der Waals surface area contributed by atoms with Gasteiger partial charge in [-0.3, -0.25) is 0 Å². The largest absolute Gasteiger partial charge is 0.344 e. The molecule has 1 N–H and O–H groups in total. The van der Waals surface area contributed by atoms with Crippen LogP contribution in [0.5, 0.6) is 0 Å². The van der Waals surface area contributed by atoms with Crippen LogP contribution >= 0.6 is 0 Å². The van der Waals surface area contributed by atoms with Crippen molar-refractivity contribution in [1.29, 1.82) is 5.26 Å². The molecule has 0 saturated carbocycles. The van der Waals surface area contributed by atoms with Crippen LogP contribution in [0.15, 0.2) is 24.3 Å². The first-order valence-corrected chi connectivity index (χ1v) is 5.87. The third-order valence-corrected chi connectivity index (χ3v) is 2.90. The molecule has 18 heavy (non-hydrogen) atoms. The van der Waals surface area contributed by atoms with Gasteiger partial charge in [-0.05, 0) is 25.5 Å². The van der Waals surface area contributed by atoms with Gasteiger partial charge in [0, 0.05) is 11.3 Å². The van der Waals surface area contributed by atoms with Gasteiger partial charge in [-0.15, -0.1) is 0 Å². The monoisotopic (exact) mass is 243 g/mol. The van der Waals surface area contributed by atoms with Crippen molar-refractivity contribution in [3.8, 4) is 17.3 Å². The van der Waals surface area contributed by atoms with E-state index >= 15 is 0 Å². The van der Waals surface area contributed by atoms with Crippen LogP contribution in [0, 0.1) is 24.1 Å². The molecule has 0 aliphatic carbocycles. The second kappa shape index (κ2) is 5.01. The number of nitriles is 1. The fourth-order valence-corrected chi connectivity index (χ4v) is 1.91. The van der Waals surface area contributed by atoms with Crippen molar-refractivity contribution < 1.29 is 4.39 Å². The van der Waals surface area contributed by atoms with E-state index < -0.39 is 0 Å². The fourth-order valence-electron chi connectivity index (χ4n) is 1.91. The van der Waals surface area contributed by atoms with Crippen molar-refractivity contribution in [3.05, 3.63) is 41.6 Å². The number of aryl methyl sites for hydroxylation is 1. The van der Waals surface area contributed by atoms with Crippen LogP contribution in [0.3, 0.4) is 0 Å². The Balaban J connectivity index is 2.44. The maximum Gasteiger partial charge on any atom is 0.124 e. The first-order valence-electron chi connectivity index (χ1n) is 5.87. The standard InChI is InChI=1S/C14H14FN3/c1-3-10(8-16)14-17-9(2)13(18-14)11-5-4-6-12(15)7-11/h4-7,10H,3H2,1-2H3,(H,17,18). The molecular weight excluding hydrogens is 229 g/mol. The van der Waals surface area contributed by atoms with Crippen LogP contribution in [0.4, 0.5) is 4.39 Å². The highest BCUT2D eigenvalue weighted by atomic mass is 19.1. The summed E-state index contributed by atoms with van der Waals surface area (Å²) in [4.78, 5) is 7.53. The lowest BCUT2D eigenvalue weighted by Crippen LogP contribution is -1.96. The molecule has 1 aromatic heterocycles. The second-order valence-electron chi connectivity index (χ2n) is 4.20. The van der Waals surface area contributed by atoms with Gasteiger partial charge >= 0.3 is 0 Å². The van der Waals surface area contributed by atoms with Crippen molar-refractivity contribution >= 4 is 0 Å². The van der Waals surface area contributed by atoms with E-state index in [1.165, 1.54) is 12.1 Å². The highest BCUT2D eigenvalue weighted by molar-refractivity contribution is 5.62. The number of imidazole rings is 1. The lowest BCUT2D eigenvalue weighted by molar-refractivity contribution is 0.628. The van der Waals surface area contributed by atoms with Gasteiger partial charge in [0.25, 0.3) is 0 Å². The Morgan fingerprint density at radius 1 is 1.50 bits per heavy atom. The van der Waals surface area contributed by atoms with Crippen molar-refractivity contribution in [1.82, 2.24) is 9.97 Å². The van der Waals surface area contributed by atoms with Crippen LogP contribution in [-0.4, -0.2) is 9.97 Å². The Hall–Kier alpha value is -2.15. The summed E-state index contributed by atoms with van der Waals surface area (Å²) in [6.07, 6.45) is 0.700. The lowest BCUT2D eigenvalue weighted by atomic mass is 10.1. The molecule has 0 bridgehead atoms. The molecule has 92 valence electrons. The van der Waals surface area contributed by atoms with E-state index in [-0.39, 0.29) is 11.7 Å².